The first-order valence-electron chi connectivity index (χ1n) is 6.63. The molecular weight excluding hydrogens is 247 g/mol. The summed E-state index contributed by atoms with van der Waals surface area (Å²) in [4.78, 5) is 14.0. The number of piperidine rings is 1. The topological polar surface area (TPSA) is 52.6 Å². The Balaban J connectivity index is 2.12. The van der Waals surface area contributed by atoms with Crippen molar-refractivity contribution >= 4 is 5.91 Å². The summed E-state index contributed by atoms with van der Waals surface area (Å²) in [5, 5.41) is 13.0. The van der Waals surface area contributed by atoms with Gasteiger partial charge in [-0.25, -0.2) is 4.39 Å². The third-order valence-corrected chi connectivity index (χ3v) is 3.39. The molecule has 4 nitrogen and oxygen atoms in total. The van der Waals surface area contributed by atoms with E-state index in [0.717, 1.165) is 31.5 Å². The lowest BCUT2D eigenvalue weighted by Crippen LogP contribution is -2.47. The first kappa shape index (κ1) is 13.8. The van der Waals surface area contributed by atoms with Gasteiger partial charge in [-0.1, -0.05) is 6.92 Å². The van der Waals surface area contributed by atoms with E-state index in [4.69, 9.17) is 0 Å². The van der Waals surface area contributed by atoms with Crippen molar-refractivity contribution in [2.75, 3.05) is 19.6 Å². The van der Waals surface area contributed by atoms with Crippen LogP contribution in [-0.2, 0) is 0 Å². The van der Waals surface area contributed by atoms with Crippen molar-refractivity contribution in [2.24, 2.45) is 0 Å². The number of amides is 1. The van der Waals surface area contributed by atoms with E-state index in [1.54, 1.807) is 4.90 Å². The Kier molecular flexibility index (Phi) is 4.37. The molecular formula is C14H19FN2O2. The maximum atomic E-state index is 13.2. The molecule has 0 aliphatic carbocycles. The summed E-state index contributed by atoms with van der Waals surface area (Å²) in [6.07, 6.45) is 1.95. The lowest BCUT2D eigenvalue weighted by Gasteiger charge is -2.33. The van der Waals surface area contributed by atoms with E-state index >= 15 is 0 Å². The number of halogens is 1. The first-order valence-corrected chi connectivity index (χ1v) is 6.63. The van der Waals surface area contributed by atoms with Crippen molar-refractivity contribution < 1.29 is 14.3 Å². The number of nitrogens with zero attached hydrogens (tertiary/aromatic N) is 1. The van der Waals surface area contributed by atoms with Crippen LogP contribution >= 0.6 is 0 Å². The van der Waals surface area contributed by atoms with Gasteiger partial charge in [0.25, 0.3) is 5.91 Å². The second-order valence-electron chi connectivity index (χ2n) is 4.81. The normalized spacial score (nSPS) is 19.5. The number of aromatic hydroxyl groups is 1. The van der Waals surface area contributed by atoms with E-state index in [-0.39, 0.29) is 23.3 Å². The molecule has 1 atom stereocenters. The van der Waals surface area contributed by atoms with E-state index in [1.807, 2.05) is 6.92 Å². The lowest BCUT2D eigenvalue weighted by molar-refractivity contribution is 0.0692. The zero-order valence-electron chi connectivity index (χ0n) is 11.0. The Morgan fingerprint density at radius 1 is 1.58 bits per heavy atom. The fourth-order valence-electron chi connectivity index (χ4n) is 2.47. The fraction of sp³-hybridized carbons (Fsp3) is 0.500. The van der Waals surface area contributed by atoms with Gasteiger partial charge in [-0.2, -0.15) is 0 Å². The average Bonchev–Trinajstić information content (AvgIpc) is 2.41. The van der Waals surface area contributed by atoms with Gasteiger partial charge < -0.3 is 15.3 Å². The Morgan fingerprint density at radius 2 is 2.37 bits per heavy atom. The van der Waals surface area contributed by atoms with Crippen molar-refractivity contribution in [1.82, 2.24) is 10.2 Å². The number of hydrogen-bond acceptors (Lipinski definition) is 3. The quantitative estimate of drug-likeness (QED) is 0.876. The third-order valence-electron chi connectivity index (χ3n) is 3.39. The fourth-order valence-corrected chi connectivity index (χ4v) is 2.47. The van der Waals surface area contributed by atoms with E-state index in [2.05, 4.69) is 5.32 Å². The predicted octanol–water partition coefficient (Wildman–Crippen LogP) is 1.75. The van der Waals surface area contributed by atoms with E-state index in [0.29, 0.717) is 13.1 Å². The van der Waals surface area contributed by atoms with Gasteiger partial charge in [0.1, 0.15) is 11.6 Å². The average molecular weight is 266 g/mol. The highest BCUT2D eigenvalue weighted by Crippen LogP contribution is 2.21. The van der Waals surface area contributed by atoms with Crippen molar-refractivity contribution in [2.45, 2.75) is 25.8 Å². The molecule has 0 aromatic heterocycles. The number of likely N-dealkylation sites (N-methyl/N-ethyl adjacent to an activating group) is 1. The van der Waals surface area contributed by atoms with Crippen LogP contribution in [0.1, 0.15) is 30.1 Å². The Labute approximate surface area is 112 Å². The molecule has 1 heterocycles. The van der Waals surface area contributed by atoms with Crippen LogP contribution in [0, 0.1) is 5.82 Å². The lowest BCUT2D eigenvalue weighted by atomic mass is 10.0. The van der Waals surface area contributed by atoms with Gasteiger partial charge in [0.05, 0.1) is 5.56 Å². The van der Waals surface area contributed by atoms with Crippen LogP contribution < -0.4 is 5.32 Å². The summed E-state index contributed by atoms with van der Waals surface area (Å²) < 4.78 is 13.2. The second kappa shape index (κ2) is 6.02. The van der Waals surface area contributed by atoms with Gasteiger partial charge in [-0.15, -0.1) is 0 Å². The van der Waals surface area contributed by atoms with Crippen LogP contribution in [-0.4, -0.2) is 41.6 Å². The summed E-state index contributed by atoms with van der Waals surface area (Å²) in [5.41, 5.74) is 0.0390. The van der Waals surface area contributed by atoms with E-state index in [1.165, 1.54) is 6.07 Å². The molecule has 19 heavy (non-hydrogen) atoms. The number of rotatable bonds is 3. The summed E-state index contributed by atoms with van der Waals surface area (Å²) in [6, 6.07) is 3.73. The molecule has 2 N–H and O–H groups in total. The van der Waals surface area contributed by atoms with Gasteiger partial charge in [-0.3, -0.25) is 4.79 Å². The summed E-state index contributed by atoms with van der Waals surface area (Å²) in [5.74, 6) is -0.988. The van der Waals surface area contributed by atoms with Crippen LogP contribution in [0.4, 0.5) is 4.39 Å². The largest absolute Gasteiger partial charge is 0.507 e. The Hall–Kier alpha value is -1.62. The monoisotopic (exact) mass is 266 g/mol. The molecule has 2 rings (SSSR count). The number of carbonyl (C=O) groups excluding carboxylic acids is 1. The van der Waals surface area contributed by atoms with Crippen LogP contribution in [0.2, 0.25) is 0 Å². The van der Waals surface area contributed by atoms with Crippen LogP contribution in [0.5, 0.6) is 5.75 Å². The highest BCUT2D eigenvalue weighted by atomic mass is 19.1. The maximum Gasteiger partial charge on any atom is 0.257 e. The van der Waals surface area contributed by atoms with E-state index in [9.17, 15) is 14.3 Å². The molecule has 0 radical (unpaired) electrons. The molecule has 1 aromatic rings. The molecule has 0 saturated carbocycles. The van der Waals surface area contributed by atoms with Gasteiger partial charge in [0.2, 0.25) is 0 Å². The number of hydrogen-bond donors (Lipinski definition) is 2. The molecule has 1 aromatic carbocycles. The first-order chi connectivity index (χ1) is 9.11. The van der Waals surface area contributed by atoms with Crippen molar-refractivity contribution in [3.05, 3.63) is 29.6 Å². The number of nitrogens with one attached hydrogen (secondary N) is 1. The van der Waals surface area contributed by atoms with Crippen LogP contribution in [0.3, 0.4) is 0 Å². The number of phenolic OH excluding ortho intramolecular Hbond substituents is 1. The summed E-state index contributed by atoms with van der Waals surface area (Å²) in [7, 11) is 0. The molecule has 1 fully saturated rings. The van der Waals surface area contributed by atoms with Crippen molar-refractivity contribution in [1.29, 1.82) is 0 Å². The molecule has 1 aliphatic rings. The van der Waals surface area contributed by atoms with E-state index < -0.39 is 5.82 Å². The zero-order valence-corrected chi connectivity index (χ0v) is 11.0. The minimum atomic E-state index is -0.513. The molecule has 104 valence electrons. The smallest absolute Gasteiger partial charge is 0.257 e. The van der Waals surface area contributed by atoms with Gasteiger partial charge in [0, 0.05) is 19.1 Å². The summed E-state index contributed by atoms with van der Waals surface area (Å²) in [6.45, 7) is 4.14. The third kappa shape index (κ3) is 3.23. The molecule has 0 bridgehead atoms. The standard InChI is InChI=1S/C14H19FN2O2/c1-2-16-11-4-3-7-17(9-11)14(19)12-8-10(15)5-6-13(12)18/h5-6,8,11,16,18H,2-4,7,9H2,1H3. The second-order valence-corrected chi connectivity index (χ2v) is 4.81. The molecule has 1 unspecified atom stereocenters. The minimum Gasteiger partial charge on any atom is -0.507 e. The van der Waals surface area contributed by atoms with Crippen molar-refractivity contribution in [3.63, 3.8) is 0 Å². The highest BCUT2D eigenvalue weighted by Gasteiger charge is 2.25. The van der Waals surface area contributed by atoms with Gasteiger partial charge in [0.15, 0.2) is 0 Å². The van der Waals surface area contributed by atoms with Gasteiger partial charge >= 0.3 is 0 Å². The summed E-state index contributed by atoms with van der Waals surface area (Å²) >= 11 is 0. The number of benzene rings is 1. The molecule has 1 aliphatic heterocycles. The van der Waals surface area contributed by atoms with Crippen molar-refractivity contribution in [3.8, 4) is 5.75 Å². The Morgan fingerprint density at radius 3 is 3.11 bits per heavy atom. The molecule has 0 spiro atoms. The molecule has 1 amide bonds. The maximum absolute atomic E-state index is 13.2. The number of likely N-dealkylation sites (tertiary alicyclic amines) is 1. The zero-order chi connectivity index (χ0) is 13.8. The SMILES string of the molecule is CCNC1CCCN(C(=O)c2cc(F)ccc2O)C1. The Bertz CT molecular complexity index is 463. The van der Waals surface area contributed by atoms with Crippen LogP contribution in [0.25, 0.3) is 0 Å². The van der Waals surface area contributed by atoms with Crippen LogP contribution in [0.15, 0.2) is 18.2 Å². The highest BCUT2D eigenvalue weighted by molar-refractivity contribution is 5.96. The number of carbonyl (C=O) groups is 1. The molecule has 5 heteroatoms. The predicted molar refractivity (Wildman–Crippen MR) is 70.7 cm³/mol. The minimum absolute atomic E-state index is 0.0390. The molecule has 1 saturated heterocycles. The number of phenols is 1. The van der Waals surface area contributed by atoms with Gasteiger partial charge in [-0.05, 0) is 37.6 Å².